The molecule has 6 rings (SSSR count). The van der Waals surface area contributed by atoms with Crippen LogP contribution in [-0.2, 0) is 9.59 Å². The fraction of sp³-hybridized carbons (Fsp3) is 0.344. The van der Waals surface area contributed by atoms with Gasteiger partial charge in [0.2, 0.25) is 5.91 Å². The molecule has 1 amide bonds. The molecule has 1 aromatic heterocycles. The summed E-state index contributed by atoms with van der Waals surface area (Å²) in [5.41, 5.74) is 2.65. The number of Topliss-reactive ketones (excluding diaryl/α,β-unsaturated/α-hetero) is 1. The van der Waals surface area contributed by atoms with E-state index in [9.17, 15) is 18.4 Å². The number of nitrogens with zero attached hydrogens (tertiary/aromatic N) is 4. The third-order valence-electron chi connectivity index (χ3n) is 8.12. The first-order valence-corrected chi connectivity index (χ1v) is 14.0. The maximum absolute atomic E-state index is 14.6. The van der Waals surface area contributed by atoms with E-state index in [-0.39, 0.29) is 23.7 Å². The Bertz CT molecular complexity index is 1500. The summed E-state index contributed by atoms with van der Waals surface area (Å²) in [7, 11) is 0. The van der Waals surface area contributed by atoms with Gasteiger partial charge in [-0.25, -0.2) is 13.8 Å². The third-order valence-corrected chi connectivity index (χ3v) is 8.12. The number of amides is 1. The Morgan fingerprint density at radius 1 is 0.976 bits per heavy atom. The second-order valence-electron chi connectivity index (χ2n) is 11.8. The SMILES string of the molecule is CC1(C)CC(=O)C2=C(C1)Nc1ccccc1N(CC(=O)N1CCN(c3ccccn3)CC1)C2c1cc(F)cc(F)c1. The summed E-state index contributed by atoms with van der Waals surface area (Å²) < 4.78 is 29.2. The van der Waals surface area contributed by atoms with Crippen molar-refractivity contribution >= 4 is 28.9 Å². The summed E-state index contributed by atoms with van der Waals surface area (Å²) in [5, 5.41) is 3.47. The number of hydrogen-bond acceptors (Lipinski definition) is 6. The Hall–Kier alpha value is -4.27. The number of carbonyl (C=O) groups excluding carboxylic acids is 2. The van der Waals surface area contributed by atoms with E-state index < -0.39 is 17.7 Å². The van der Waals surface area contributed by atoms with Gasteiger partial charge in [0, 0.05) is 56.1 Å². The molecule has 9 heteroatoms. The predicted molar refractivity (Wildman–Crippen MR) is 155 cm³/mol. The molecule has 1 aliphatic carbocycles. The van der Waals surface area contributed by atoms with Gasteiger partial charge in [0.1, 0.15) is 17.5 Å². The normalized spacial score (nSPS) is 20.2. The zero-order chi connectivity index (χ0) is 28.7. The highest BCUT2D eigenvalue weighted by atomic mass is 19.1. The van der Waals surface area contributed by atoms with Gasteiger partial charge >= 0.3 is 0 Å². The predicted octanol–water partition coefficient (Wildman–Crippen LogP) is 5.33. The molecule has 0 spiro atoms. The number of hydrogen-bond donors (Lipinski definition) is 1. The van der Waals surface area contributed by atoms with Gasteiger partial charge in [0.05, 0.1) is 24.0 Å². The van der Waals surface area contributed by atoms with Crippen LogP contribution in [0.5, 0.6) is 0 Å². The Balaban J connectivity index is 1.38. The molecule has 3 aromatic rings. The maximum atomic E-state index is 14.6. The Morgan fingerprint density at radius 3 is 2.39 bits per heavy atom. The van der Waals surface area contributed by atoms with Crippen LogP contribution in [0.25, 0.3) is 0 Å². The molecule has 2 aromatic carbocycles. The molecule has 0 saturated carbocycles. The number of allylic oxidation sites excluding steroid dienone is 1. The number of fused-ring (bicyclic) bond motifs is 1. The minimum absolute atomic E-state index is 0.0570. The standard InChI is InChI=1S/C32H33F2N5O2/c1-32(2)18-25-30(27(40)19-32)31(21-15-22(33)17-23(34)16-21)39(26-8-4-3-7-24(26)36-25)20-29(41)38-13-11-37(12-14-38)28-9-5-6-10-35-28/h3-10,15-17,31,36H,11-14,18-20H2,1-2H3. The highest BCUT2D eigenvalue weighted by molar-refractivity contribution is 6.02. The highest BCUT2D eigenvalue weighted by Crippen LogP contribution is 2.48. The van der Waals surface area contributed by atoms with Crippen molar-refractivity contribution < 1.29 is 18.4 Å². The summed E-state index contributed by atoms with van der Waals surface area (Å²) in [6.07, 6.45) is 2.65. The minimum Gasteiger partial charge on any atom is -0.357 e. The van der Waals surface area contributed by atoms with Gasteiger partial charge in [-0.3, -0.25) is 9.59 Å². The van der Waals surface area contributed by atoms with Crippen LogP contribution in [0, 0.1) is 17.0 Å². The van der Waals surface area contributed by atoms with E-state index in [0.29, 0.717) is 55.8 Å². The summed E-state index contributed by atoms with van der Waals surface area (Å²) in [5.74, 6) is -0.789. The Labute approximate surface area is 238 Å². The van der Waals surface area contributed by atoms with E-state index in [1.165, 1.54) is 12.1 Å². The van der Waals surface area contributed by atoms with Crippen LogP contribution in [0.1, 0.15) is 38.3 Å². The Kier molecular flexibility index (Phi) is 6.97. The van der Waals surface area contributed by atoms with E-state index in [1.807, 2.05) is 66.1 Å². The van der Waals surface area contributed by atoms with Gasteiger partial charge in [0.15, 0.2) is 5.78 Å². The quantitative estimate of drug-likeness (QED) is 0.468. The van der Waals surface area contributed by atoms with E-state index in [2.05, 4.69) is 15.2 Å². The van der Waals surface area contributed by atoms with Crippen LogP contribution in [0.3, 0.4) is 0 Å². The molecule has 1 atom stereocenters. The summed E-state index contributed by atoms with van der Waals surface area (Å²) in [4.78, 5) is 37.9. The number of rotatable bonds is 4. The topological polar surface area (TPSA) is 68.8 Å². The first-order chi connectivity index (χ1) is 19.7. The lowest BCUT2D eigenvalue weighted by Gasteiger charge is -2.40. The van der Waals surface area contributed by atoms with E-state index in [1.54, 1.807) is 6.20 Å². The molecule has 3 aliphatic rings. The summed E-state index contributed by atoms with van der Waals surface area (Å²) in [6, 6.07) is 15.8. The monoisotopic (exact) mass is 557 g/mol. The molecule has 1 fully saturated rings. The molecule has 41 heavy (non-hydrogen) atoms. The fourth-order valence-corrected chi connectivity index (χ4v) is 6.28. The second-order valence-corrected chi connectivity index (χ2v) is 11.8. The van der Waals surface area contributed by atoms with E-state index in [0.717, 1.165) is 23.3 Å². The molecule has 1 saturated heterocycles. The zero-order valence-corrected chi connectivity index (χ0v) is 23.2. The van der Waals surface area contributed by atoms with Gasteiger partial charge in [-0.2, -0.15) is 0 Å². The number of piperazine rings is 1. The summed E-state index contributed by atoms with van der Waals surface area (Å²) in [6.45, 7) is 6.34. The van der Waals surface area contributed by atoms with Crippen LogP contribution in [-0.4, -0.2) is 54.3 Å². The van der Waals surface area contributed by atoms with E-state index in [4.69, 9.17) is 0 Å². The molecule has 2 aliphatic heterocycles. The average Bonchev–Trinajstić information content (AvgIpc) is 3.07. The average molecular weight is 558 g/mol. The van der Waals surface area contributed by atoms with Crippen molar-refractivity contribution in [3.8, 4) is 0 Å². The molecule has 7 nitrogen and oxygen atoms in total. The number of halogens is 2. The largest absolute Gasteiger partial charge is 0.357 e. The number of pyridine rings is 1. The van der Waals surface area contributed by atoms with Crippen LogP contribution >= 0.6 is 0 Å². The van der Waals surface area contributed by atoms with Gasteiger partial charge < -0.3 is 20.0 Å². The van der Waals surface area contributed by atoms with Crippen molar-refractivity contribution in [3.05, 3.63) is 95.3 Å². The molecular weight excluding hydrogens is 524 g/mol. The molecule has 212 valence electrons. The van der Waals surface area contributed by atoms with E-state index >= 15 is 0 Å². The number of carbonyl (C=O) groups is 2. The Morgan fingerprint density at radius 2 is 1.68 bits per heavy atom. The van der Waals surface area contributed by atoms with Crippen molar-refractivity contribution in [2.75, 3.05) is 47.8 Å². The van der Waals surface area contributed by atoms with Crippen molar-refractivity contribution in [1.29, 1.82) is 0 Å². The first kappa shape index (κ1) is 26.9. The number of para-hydroxylation sites is 2. The van der Waals surface area contributed by atoms with Crippen LogP contribution in [0.4, 0.5) is 26.0 Å². The molecule has 0 bridgehead atoms. The van der Waals surface area contributed by atoms with Crippen LogP contribution in [0.2, 0.25) is 0 Å². The van der Waals surface area contributed by atoms with Crippen molar-refractivity contribution in [3.63, 3.8) is 0 Å². The lowest BCUT2D eigenvalue weighted by atomic mass is 9.73. The van der Waals surface area contributed by atoms with Gasteiger partial charge in [-0.1, -0.05) is 32.0 Å². The maximum Gasteiger partial charge on any atom is 0.242 e. The molecule has 1 N–H and O–H groups in total. The van der Waals surface area contributed by atoms with Crippen molar-refractivity contribution in [2.45, 2.75) is 32.7 Å². The number of ketones is 1. The number of aromatic nitrogens is 1. The van der Waals surface area contributed by atoms with Crippen molar-refractivity contribution in [1.82, 2.24) is 9.88 Å². The number of benzene rings is 2. The smallest absolute Gasteiger partial charge is 0.242 e. The molecule has 0 radical (unpaired) electrons. The third kappa shape index (κ3) is 5.40. The minimum atomic E-state index is -0.839. The summed E-state index contributed by atoms with van der Waals surface area (Å²) >= 11 is 0. The first-order valence-electron chi connectivity index (χ1n) is 14.0. The molecule has 3 heterocycles. The lowest BCUT2D eigenvalue weighted by molar-refractivity contribution is -0.130. The van der Waals surface area contributed by atoms with Gasteiger partial charge in [-0.05, 0) is 53.8 Å². The lowest BCUT2D eigenvalue weighted by Crippen LogP contribution is -2.52. The van der Waals surface area contributed by atoms with Gasteiger partial charge in [0.25, 0.3) is 0 Å². The van der Waals surface area contributed by atoms with Crippen LogP contribution < -0.4 is 15.1 Å². The second kappa shape index (κ2) is 10.6. The van der Waals surface area contributed by atoms with Crippen LogP contribution in [0.15, 0.2) is 78.1 Å². The van der Waals surface area contributed by atoms with Crippen molar-refractivity contribution in [2.24, 2.45) is 5.41 Å². The number of anilines is 3. The van der Waals surface area contributed by atoms with Gasteiger partial charge in [-0.15, -0.1) is 0 Å². The highest BCUT2D eigenvalue weighted by Gasteiger charge is 2.42. The molecular formula is C32H33F2N5O2. The fourth-order valence-electron chi connectivity index (χ4n) is 6.28. The number of nitrogens with one attached hydrogen (secondary N) is 1. The zero-order valence-electron chi connectivity index (χ0n) is 23.2. The molecule has 1 unspecified atom stereocenters.